The zero-order chi connectivity index (χ0) is 57.6. The molecule has 6 rings (SSSR count). The molecule has 1 heterocycles. The molecule has 6 aromatic rings. The highest BCUT2D eigenvalue weighted by atomic mass is 19.4. The van der Waals surface area contributed by atoms with Gasteiger partial charge in [-0.05, 0) is 24.3 Å². The van der Waals surface area contributed by atoms with Gasteiger partial charge in [-0.1, -0.05) is 78.9 Å². The van der Waals surface area contributed by atoms with Gasteiger partial charge in [0.1, 0.15) is 12.8 Å². The molecule has 0 aliphatic carbocycles. The van der Waals surface area contributed by atoms with Crippen molar-refractivity contribution in [3.63, 3.8) is 0 Å². The van der Waals surface area contributed by atoms with Crippen LogP contribution >= 0.6 is 0 Å². The molecular formula is C47H26BF24NO3. The van der Waals surface area contributed by atoms with Crippen molar-refractivity contribution in [3.8, 4) is 0 Å². The number of aromatic nitrogens is 1. The summed E-state index contributed by atoms with van der Waals surface area (Å²) in [4.78, 5) is 23.2. The van der Waals surface area contributed by atoms with E-state index in [0.29, 0.717) is 11.1 Å². The van der Waals surface area contributed by atoms with Crippen LogP contribution in [0.5, 0.6) is 0 Å². The molecule has 0 aliphatic heterocycles. The highest BCUT2D eigenvalue weighted by Gasteiger charge is 2.47. The Morgan fingerprint density at radius 3 is 0.776 bits per heavy atom. The first-order valence-corrected chi connectivity index (χ1v) is 20.5. The average Bonchev–Trinajstić information content (AvgIpc) is 3.29. The molecule has 1 N–H and O–H groups in total. The second-order valence-electron chi connectivity index (χ2n) is 16.4. The molecule has 76 heavy (non-hydrogen) atoms. The molecule has 0 amide bonds. The van der Waals surface area contributed by atoms with Crippen LogP contribution in [0.3, 0.4) is 0 Å². The summed E-state index contributed by atoms with van der Waals surface area (Å²) in [5.41, 5.74) is -29.1. The van der Waals surface area contributed by atoms with Gasteiger partial charge in [0.25, 0.3) is 0 Å². The van der Waals surface area contributed by atoms with Crippen molar-refractivity contribution in [3.05, 3.63) is 183 Å². The lowest BCUT2D eigenvalue weighted by atomic mass is 9.12. The SMILES string of the molecule is FC(F)(F)c1cc([B-](c2cc(C(F)(F)F)cc(C(F)(F)F)c2)(c2cc(C(F)(F)F)cc(C(F)(F)F)c2)c2cc(C(F)(F)F)cc(C(F)(F)F)c2)cc(C(F)(F)F)c1.O=C(CO)c1cc[n+](CC(=O)c2ccccc2)cc1. The molecule has 0 aliphatic rings. The summed E-state index contributed by atoms with van der Waals surface area (Å²) in [5, 5.41) is 8.74. The van der Waals surface area contributed by atoms with Gasteiger partial charge >= 0.3 is 49.4 Å². The van der Waals surface area contributed by atoms with Crippen molar-refractivity contribution in [2.24, 2.45) is 0 Å². The van der Waals surface area contributed by atoms with E-state index in [1.165, 1.54) is 0 Å². The fourth-order valence-corrected chi connectivity index (χ4v) is 7.79. The number of carbonyl (C=O) groups is 2. The predicted molar refractivity (Wildman–Crippen MR) is 219 cm³/mol. The van der Waals surface area contributed by atoms with E-state index in [1.54, 1.807) is 41.2 Å². The molecule has 1 aromatic heterocycles. The fourth-order valence-electron chi connectivity index (χ4n) is 7.79. The molecule has 0 saturated carbocycles. The van der Waals surface area contributed by atoms with Gasteiger partial charge in [0, 0.05) is 23.3 Å². The molecule has 0 radical (unpaired) electrons. The van der Waals surface area contributed by atoms with Crippen LogP contribution in [0.2, 0.25) is 0 Å². The van der Waals surface area contributed by atoms with Crippen molar-refractivity contribution >= 4 is 39.6 Å². The Balaban J connectivity index is 0.000000468. The van der Waals surface area contributed by atoms with Crippen molar-refractivity contribution in [2.45, 2.75) is 56.0 Å². The molecule has 408 valence electrons. The number of hydrogen-bond acceptors (Lipinski definition) is 3. The van der Waals surface area contributed by atoms with Gasteiger partial charge < -0.3 is 5.11 Å². The lowest BCUT2D eigenvalue weighted by Gasteiger charge is -2.46. The monoisotopic (exact) mass is 1120 g/mol. The Hall–Kier alpha value is -7.07. The van der Waals surface area contributed by atoms with Gasteiger partial charge in [0.15, 0.2) is 18.2 Å². The maximum atomic E-state index is 14.2. The number of ketones is 2. The van der Waals surface area contributed by atoms with E-state index in [9.17, 15) is 115 Å². The van der Waals surface area contributed by atoms with Crippen LogP contribution in [-0.2, 0) is 56.0 Å². The van der Waals surface area contributed by atoms with E-state index in [0.717, 1.165) is 0 Å². The molecule has 0 atom stereocenters. The van der Waals surface area contributed by atoms with Gasteiger partial charge in [-0.15, -0.1) is 0 Å². The molecule has 0 spiro atoms. The third-order valence-corrected chi connectivity index (χ3v) is 11.2. The zero-order valence-electron chi connectivity index (χ0n) is 36.9. The van der Waals surface area contributed by atoms with Crippen LogP contribution in [0.4, 0.5) is 105 Å². The lowest BCUT2D eigenvalue weighted by molar-refractivity contribution is -0.683. The molecule has 0 fully saturated rings. The summed E-state index contributed by atoms with van der Waals surface area (Å²) in [5.74, 6) is -0.326. The van der Waals surface area contributed by atoms with Crippen molar-refractivity contribution in [1.29, 1.82) is 0 Å². The van der Waals surface area contributed by atoms with Crippen LogP contribution in [0.15, 0.2) is 128 Å². The van der Waals surface area contributed by atoms with Gasteiger partial charge in [0.2, 0.25) is 12.3 Å². The minimum absolute atomic E-state index is 0.00633. The smallest absolute Gasteiger partial charge is 0.388 e. The molecular weight excluding hydrogens is 1090 g/mol. The van der Waals surface area contributed by atoms with Crippen molar-refractivity contribution < 1.29 is 125 Å². The Morgan fingerprint density at radius 2 is 0.566 bits per heavy atom. The topological polar surface area (TPSA) is 58.2 Å². The number of alkyl halides is 24. The normalized spacial score (nSPS) is 13.3. The Morgan fingerprint density at radius 1 is 0.342 bits per heavy atom. The number of Topliss-reactive ketones (excluding diaryl/α,β-unsaturated/α-hetero) is 2. The molecule has 4 nitrogen and oxygen atoms in total. The van der Waals surface area contributed by atoms with Crippen LogP contribution in [-0.4, -0.2) is 29.4 Å². The largest absolute Gasteiger partial charge is 0.416 e. The van der Waals surface area contributed by atoms with E-state index in [1.807, 2.05) is 18.2 Å². The summed E-state index contributed by atoms with van der Waals surface area (Å²) in [6, 6.07) is 3.42. The standard InChI is InChI=1S/C32H12BF24.C15H14NO3/c34-25(35,36)13-1-14(26(37,38)39)6-21(5-13)33(22-7-15(27(40,41)42)2-16(8-22)28(43,44)45,23-9-17(29(46,47)48)3-18(10-23)30(49,50)51)24-11-19(31(52,53)54)4-20(12-24)32(55,56)57;17-11-15(19)13-6-8-16(9-7-13)10-14(18)12-4-2-1-3-5-12/h1-12H;1-9,17H,10-11H2/q-1;+1. The van der Waals surface area contributed by atoms with Crippen LogP contribution in [0.1, 0.15) is 65.2 Å². The summed E-state index contributed by atoms with van der Waals surface area (Å²) >= 11 is 0. The number of carbonyl (C=O) groups excluding carboxylic acids is 2. The number of nitrogens with zero attached hydrogens (tertiary/aromatic N) is 1. The molecule has 0 bridgehead atoms. The number of benzene rings is 5. The summed E-state index contributed by atoms with van der Waals surface area (Å²) in [7, 11) is 0. The van der Waals surface area contributed by atoms with Crippen molar-refractivity contribution in [2.75, 3.05) is 6.61 Å². The summed E-state index contributed by atoms with van der Waals surface area (Å²) in [6.07, 6.45) is -51.5. The van der Waals surface area contributed by atoms with Gasteiger partial charge in [-0.3, -0.25) is 9.59 Å². The fraction of sp³-hybridized carbons (Fsp3) is 0.213. The number of pyridine rings is 1. The number of halogens is 24. The Kier molecular flexibility index (Phi) is 16.4. The third-order valence-electron chi connectivity index (χ3n) is 11.2. The van der Waals surface area contributed by atoms with Crippen molar-refractivity contribution in [1.82, 2.24) is 0 Å². The third kappa shape index (κ3) is 13.9. The van der Waals surface area contributed by atoms with Gasteiger partial charge in [-0.25, -0.2) is 0 Å². The zero-order valence-corrected chi connectivity index (χ0v) is 36.9. The average molecular weight is 1120 g/mol. The highest BCUT2D eigenvalue weighted by molar-refractivity contribution is 7.20. The molecule has 0 saturated heterocycles. The van der Waals surface area contributed by atoms with Crippen LogP contribution in [0.25, 0.3) is 0 Å². The second kappa shape index (κ2) is 20.8. The first kappa shape index (κ1) is 59.8. The van der Waals surface area contributed by atoms with Gasteiger partial charge in [0.05, 0.1) is 44.5 Å². The minimum atomic E-state index is -6.13. The first-order valence-electron chi connectivity index (χ1n) is 20.5. The number of rotatable bonds is 9. The summed E-state index contributed by atoms with van der Waals surface area (Å²) in [6.45, 7) is -0.287. The molecule has 5 aromatic carbocycles. The van der Waals surface area contributed by atoms with E-state index >= 15 is 0 Å². The lowest BCUT2D eigenvalue weighted by Crippen LogP contribution is -2.75. The van der Waals surface area contributed by atoms with Crippen LogP contribution < -0.4 is 26.4 Å². The highest BCUT2D eigenvalue weighted by Crippen LogP contribution is 2.41. The number of aliphatic hydroxyl groups is 1. The molecule has 0 unspecified atom stereocenters. The van der Waals surface area contributed by atoms with E-state index in [-0.39, 0.29) is 18.1 Å². The van der Waals surface area contributed by atoms with E-state index < -0.39 is 201 Å². The maximum absolute atomic E-state index is 14.2. The van der Waals surface area contributed by atoms with Gasteiger partial charge in [-0.2, -0.15) is 132 Å². The Labute approximate surface area is 409 Å². The van der Waals surface area contributed by atoms with E-state index in [2.05, 4.69) is 0 Å². The predicted octanol–water partition coefficient (Wildman–Crippen LogP) is 12.2. The summed E-state index contributed by atoms with van der Waals surface area (Å²) < 4.78 is 343. The maximum Gasteiger partial charge on any atom is 0.416 e. The van der Waals surface area contributed by atoms with E-state index in [4.69, 9.17) is 5.11 Å². The first-order chi connectivity index (χ1) is 34.5. The molecule has 29 heteroatoms. The number of aliphatic hydroxyl groups excluding tert-OH is 1. The quantitative estimate of drug-likeness (QED) is 0.0679. The Bertz CT molecular complexity index is 2640. The minimum Gasteiger partial charge on any atom is -0.388 e. The number of hydrogen-bond donors (Lipinski definition) is 1. The van der Waals surface area contributed by atoms with Crippen LogP contribution in [0, 0.1) is 0 Å². The second-order valence-corrected chi connectivity index (χ2v) is 16.4.